The smallest absolute Gasteiger partial charge is 0.326 e. The number of primary amides is 1. The highest BCUT2D eigenvalue weighted by atomic mass is 32.1. The number of urea groups is 1. The molecular formula is C14H28N6O6S. The van der Waals surface area contributed by atoms with Crippen LogP contribution in [0.1, 0.15) is 43.2 Å². The van der Waals surface area contributed by atoms with Gasteiger partial charge in [-0.1, -0.05) is 25.2 Å². The summed E-state index contributed by atoms with van der Waals surface area (Å²) >= 11 is 1.11. The number of aromatic nitrogens is 2. The molecule has 0 aliphatic carbocycles. The van der Waals surface area contributed by atoms with Gasteiger partial charge in [0.25, 0.3) is 0 Å². The molecule has 12 nitrogen and oxygen atoms in total. The molecule has 1 heterocycles. The molecule has 0 aliphatic rings. The lowest BCUT2D eigenvalue weighted by molar-refractivity contribution is -0.140. The van der Waals surface area contributed by atoms with Gasteiger partial charge in [-0.15, -0.1) is 10.2 Å². The molecule has 0 radical (unpaired) electrons. The maximum absolute atomic E-state index is 11.6. The van der Waals surface area contributed by atoms with Crippen molar-refractivity contribution in [2.24, 2.45) is 11.5 Å². The maximum atomic E-state index is 11.6. The summed E-state index contributed by atoms with van der Waals surface area (Å²) in [6.45, 7) is 5.50. The van der Waals surface area contributed by atoms with Gasteiger partial charge in [0.05, 0.1) is 25.1 Å². The van der Waals surface area contributed by atoms with Crippen molar-refractivity contribution >= 4 is 29.2 Å². The van der Waals surface area contributed by atoms with Gasteiger partial charge in [0.15, 0.2) is 0 Å². The van der Waals surface area contributed by atoms with Crippen LogP contribution in [0.15, 0.2) is 0 Å². The fraction of sp³-hybridized carbons (Fsp3) is 0.643. The summed E-state index contributed by atoms with van der Waals surface area (Å²) < 4.78 is 0. The SMILES string of the molecule is CC.CC(O)C(N)c1nnc(CNC(=O)N[C@@H](CC(N)=O)C(=O)O)s1.CO. The summed E-state index contributed by atoms with van der Waals surface area (Å²) in [5.41, 5.74) is 10.6. The molecule has 0 aliphatic heterocycles. The summed E-state index contributed by atoms with van der Waals surface area (Å²) in [6, 6.07) is -2.89. The van der Waals surface area contributed by atoms with Gasteiger partial charge in [-0.25, -0.2) is 9.59 Å². The second-order valence-corrected chi connectivity index (χ2v) is 5.78. The average molecular weight is 408 g/mol. The highest BCUT2D eigenvalue weighted by molar-refractivity contribution is 7.11. The first-order valence-corrected chi connectivity index (χ1v) is 8.78. The van der Waals surface area contributed by atoms with Crippen LogP contribution >= 0.6 is 11.3 Å². The Bertz CT molecular complexity index is 582. The van der Waals surface area contributed by atoms with Crippen LogP contribution in [0.5, 0.6) is 0 Å². The van der Waals surface area contributed by atoms with E-state index in [-0.39, 0.29) is 6.54 Å². The molecule has 0 saturated heterocycles. The molecule has 13 heteroatoms. The van der Waals surface area contributed by atoms with Crippen molar-refractivity contribution in [1.29, 1.82) is 0 Å². The quantitative estimate of drug-likeness (QED) is 0.271. The third kappa shape index (κ3) is 11.1. The van der Waals surface area contributed by atoms with Crippen molar-refractivity contribution in [3.63, 3.8) is 0 Å². The van der Waals surface area contributed by atoms with E-state index in [1.165, 1.54) is 6.92 Å². The Morgan fingerprint density at radius 1 is 1.22 bits per heavy atom. The first-order valence-electron chi connectivity index (χ1n) is 7.96. The second kappa shape index (κ2) is 14.8. The summed E-state index contributed by atoms with van der Waals surface area (Å²) in [6.07, 6.45) is -1.31. The third-order valence-corrected chi connectivity index (χ3v) is 3.72. The molecule has 9 N–H and O–H groups in total. The van der Waals surface area contributed by atoms with Gasteiger partial charge in [-0.3, -0.25) is 4.79 Å². The van der Waals surface area contributed by atoms with E-state index in [4.69, 9.17) is 21.7 Å². The largest absolute Gasteiger partial charge is 0.480 e. The zero-order valence-electron chi connectivity index (χ0n) is 15.7. The third-order valence-electron chi connectivity index (χ3n) is 2.70. The lowest BCUT2D eigenvalue weighted by Crippen LogP contribution is -2.47. The summed E-state index contributed by atoms with van der Waals surface area (Å²) in [5, 5.41) is 38.2. The summed E-state index contributed by atoms with van der Waals surface area (Å²) in [4.78, 5) is 33.2. The normalized spacial score (nSPS) is 12.9. The molecule has 1 rings (SSSR count). The zero-order valence-corrected chi connectivity index (χ0v) is 16.5. The highest BCUT2D eigenvalue weighted by Gasteiger charge is 2.22. The van der Waals surface area contributed by atoms with Crippen LogP contribution < -0.4 is 22.1 Å². The molecule has 0 aromatic carbocycles. The van der Waals surface area contributed by atoms with Crippen molar-refractivity contribution in [3.8, 4) is 0 Å². The minimum Gasteiger partial charge on any atom is -0.480 e. The van der Waals surface area contributed by atoms with Gasteiger partial charge < -0.3 is 37.4 Å². The van der Waals surface area contributed by atoms with Crippen LogP contribution in [0.2, 0.25) is 0 Å². The van der Waals surface area contributed by atoms with Crippen LogP contribution in [0.4, 0.5) is 4.79 Å². The van der Waals surface area contributed by atoms with Crippen molar-refractivity contribution < 1.29 is 29.7 Å². The van der Waals surface area contributed by atoms with E-state index in [9.17, 15) is 19.5 Å². The fourth-order valence-electron chi connectivity index (χ4n) is 1.45. The Labute approximate surface area is 161 Å². The van der Waals surface area contributed by atoms with Gasteiger partial charge in [0.1, 0.15) is 16.1 Å². The number of carbonyl (C=O) groups excluding carboxylic acids is 2. The minimum absolute atomic E-state index is 0.0149. The fourth-order valence-corrected chi connectivity index (χ4v) is 2.33. The molecule has 2 unspecified atom stereocenters. The molecule has 0 saturated carbocycles. The molecular weight excluding hydrogens is 380 g/mol. The Hall–Kier alpha value is -2.35. The van der Waals surface area contributed by atoms with Gasteiger partial charge in [0.2, 0.25) is 5.91 Å². The van der Waals surface area contributed by atoms with Gasteiger partial charge in [-0.05, 0) is 6.92 Å². The predicted molar refractivity (Wildman–Crippen MR) is 98.6 cm³/mol. The van der Waals surface area contributed by atoms with Crippen LogP contribution in [-0.4, -0.2) is 62.7 Å². The Kier molecular flexibility index (Phi) is 14.7. The molecule has 1 aromatic heterocycles. The Morgan fingerprint density at radius 2 is 1.78 bits per heavy atom. The van der Waals surface area contributed by atoms with Crippen LogP contribution in [0.3, 0.4) is 0 Å². The summed E-state index contributed by atoms with van der Waals surface area (Å²) in [5.74, 6) is -2.22. The first kappa shape index (κ1) is 26.9. The number of hydrogen-bond donors (Lipinski definition) is 7. The maximum Gasteiger partial charge on any atom is 0.326 e. The number of aliphatic hydroxyl groups is 2. The Balaban J connectivity index is 0. The van der Waals surface area contributed by atoms with Crippen molar-refractivity contribution in [2.75, 3.05) is 7.11 Å². The zero-order chi connectivity index (χ0) is 21.6. The van der Waals surface area contributed by atoms with Gasteiger partial charge >= 0.3 is 12.0 Å². The van der Waals surface area contributed by atoms with E-state index in [0.29, 0.717) is 10.0 Å². The number of nitrogens with two attached hydrogens (primary N) is 2. The van der Waals surface area contributed by atoms with E-state index in [2.05, 4.69) is 20.8 Å². The number of aliphatic carboxylic acids is 1. The van der Waals surface area contributed by atoms with E-state index >= 15 is 0 Å². The van der Waals surface area contributed by atoms with Crippen molar-refractivity contribution in [2.45, 2.75) is 51.9 Å². The molecule has 3 amide bonds. The molecule has 156 valence electrons. The van der Waals surface area contributed by atoms with E-state index in [0.717, 1.165) is 18.4 Å². The average Bonchev–Trinajstić information content (AvgIpc) is 3.10. The first-order chi connectivity index (χ1) is 12.7. The number of nitrogens with zero attached hydrogens (tertiary/aromatic N) is 2. The van der Waals surface area contributed by atoms with E-state index in [1.807, 2.05) is 13.8 Å². The predicted octanol–water partition coefficient (Wildman–Crippen LogP) is -1.32. The van der Waals surface area contributed by atoms with Gasteiger partial charge in [-0.2, -0.15) is 0 Å². The summed E-state index contributed by atoms with van der Waals surface area (Å²) in [7, 11) is 1.00. The number of aliphatic hydroxyl groups excluding tert-OH is 2. The van der Waals surface area contributed by atoms with E-state index < -0.39 is 42.5 Å². The number of nitrogens with one attached hydrogen (secondary N) is 2. The molecule has 27 heavy (non-hydrogen) atoms. The van der Waals surface area contributed by atoms with Gasteiger partial charge in [0, 0.05) is 7.11 Å². The number of carboxylic acids is 1. The number of carbonyl (C=O) groups is 3. The lowest BCUT2D eigenvalue weighted by atomic mass is 10.2. The number of amides is 3. The van der Waals surface area contributed by atoms with Crippen molar-refractivity contribution in [1.82, 2.24) is 20.8 Å². The van der Waals surface area contributed by atoms with Crippen LogP contribution in [-0.2, 0) is 16.1 Å². The number of carboxylic acid groups (broad SMARTS) is 1. The molecule has 1 aromatic rings. The van der Waals surface area contributed by atoms with E-state index in [1.54, 1.807) is 0 Å². The second-order valence-electron chi connectivity index (χ2n) is 4.69. The molecule has 3 atom stereocenters. The van der Waals surface area contributed by atoms with Crippen LogP contribution in [0, 0.1) is 0 Å². The van der Waals surface area contributed by atoms with Crippen molar-refractivity contribution in [3.05, 3.63) is 10.0 Å². The molecule has 0 bridgehead atoms. The highest BCUT2D eigenvalue weighted by Crippen LogP contribution is 2.18. The standard InChI is InChI=1S/C11H18N6O5S.C2H6.CH4O/c1-4(18)8(13)9-17-16-7(23-9)3-14-11(22)15-5(10(20)21)2-6(12)19;2*1-2/h4-5,8,18H,2-3,13H2,1H3,(H2,12,19)(H,20,21)(H2,14,15,22);1-2H3;2H,1H3/t4?,5-,8?;;/m0../s1. The number of hydrogen-bond acceptors (Lipinski definition) is 9. The Morgan fingerprint density at radius 3 is 2.22 bits per heavy atom. The number of rotatable bonds is 8. The topological polar surface area (TPSA) is 214 Å². The monoisotopic (exact) mass is 408 g/mol. The lowest BCUT2D eigenvalue weighted by Gasteiger charge is -2.13. The van der Waals surface area contributed by atoms with Crippen LogP contribution in [0.25, 0.3) is 0 Å². The molecule has 0 spiro atoms. The minimum atomic E-state index is -1.42. The molecule has 0 fully saturated rings.